The lowest BCUT2D eigenvalue weighted by Gasteiger charge is -2.12. The highest BCUT2D eigenvalue weighted by atomic mass is 15.1. The van der Waals surface area contributed by atoms with Crippen LogP contribution in [0.1, 0.15) is 30.8 Å². The fraction of sp³-hybridized carbons (Fsp3) is 0.533. The Kier molecular flexibility index (Phi) is 4.49. The molecule has 2 rings (SSSR count). The van der Waals surface area contributed by atoms with E-state index in [4.69, 9.17) is 0 Å². The molecular formula is C15H23N5. The summed E-state index contributed by atoms with van der Waals surface area (Å²) in [5.41, 5.74) is 3.22. The lowest BCUT2D eigenvalue weighted by Crippen LogP contribution is -2.21. The first-order valence-electron chi connectivity index (χ1n) is 7.01. The van der Waals surface area contributed by atoms with Crippen molar-refractivity contribution in [3.8, 4) is 11.6 Å². The van der Waals surface area contributed by atoms with Gasteiger partial charge in [-0.15, -0.1) is 0 Å². The van der Waals surface area contributed by atoms with Crippen LogP contribution >= 0.6 is 0 Å². The highest BCUT2D eigenvalue weighted by Crippen LogP contribution is 2.16. The molecule has 108 valence electrons. The van der Waals surface area contributed by atoms with Crippen LogP contribution in [0.3, 0.4) is 0 Å². The fourth-order valence-corrected chi connectivity index (χ4v) is 2.16. The topological polar surface area (TPSA) is 55.6 Å². The third-order valence-electron chi connectivity index (χ3n) is 3.30. The SMILES string of the molecule is Cc1nc(-c2nccn2C)nc(C)c1CNCC(C)C. The van der Waals surface area contributed by atoms with Gasteiger partial charge in [0.15, 0.2) is 11.6 Å². The van der Waals surface area contributed by atoms with Gasteiger partial charge >= 0.3 is 0 Å². The lowest BCUT2D eigenvalue weighted by molar-refractivity contribution is 0.549. The van der Waals surface area contributed by atoms with Gasteiger partial charge in [-0.05, 0) is 26.3 Å². The Bertz CT molecular complexity index is 563. The van der Waals surface area contributed by atoms with Crippen molar-refractivity contribution in [3.05, 3.63) is 29.3 Å². The fourth-order valence-electron chi connectivity index (χ4n) is 2.16. The first-order valence-corrected chi connectivity index (χ1v) is 7.01. The number of rotatable bonds is 5. The van der Waals surface area contributed by atoms with Gasteiger partial charge in [0.2, 0.25) is 0 Å². The van der Waals surface area contributed by atoms with Crippen molar-refractivity contribution in [2.75, 3.05) is 6.54 Å². The second-order valence-electron chi connectivity index (χ2n) is 5.58. The van der Waals surface area contributed by atoms with Gasteiger partial charge in [-0.25, -0.2) is 15.0 Å². The summed E-state index contributed by atoms with van der Waals surface area (Å²) in [5, 5.41) is 3.45. The van der Waals surface area contributed by atoms with Crippen LogP contribution in [-0.2, 0) is 13.6 Å². The average Bonchev–Trinajstić information content (AvgIpc) is 2.78. The van der Waals surface area contributed by atoms with Gasteiger partial charge < -0.3 is 9.88 Å². The van der Waals surface area contributed by atoms with Crippen LogP contribution in [0, 0.1) is 19.8 Å². The highest BCUT2D eigenvalue weighted by Gasteiger charge is 2.12. The number of nitrogens with zero attached hydrogens (tertiary/aromatic N) is 4. The van der Waals surface area contributed by atoms with E-state index in [1.807, 2.05) is 31.7 Å². The zero-order chi connectivity index (χ0) is 14.7. The number of aryl methyl sites for hydroxylation is 3. The molecule has 0 spiro atoms. The predicted molar refractivity (Wildman–Crippen MR) is 80.3 cm³/mol. The maximum absolute atomic E-state index is 4.60. The Morgan fingerprint density at radius 2 is 1.85 bits per heavy atom. The Morgan fingerprint density at radius 3 is 2.35 bits per heavy atom. The van der Waals surface area contributed by atoms with Crippen molar-refractivity contribution in [3.63, 3.8) is 0 Å². The van der Waals surface area contributed by atoms with Crippen molar-refractivity contribution < 1.29 is 0 Å². The number of hydrogen-bond acceptors (Lipinski definition) is 4. The van der Waals surface area contributed by atoms with Crippen LogP contribution in [0.15, 0.2) is 12.4 Å². The van der Waals surface area contributed by atoms with Gasteiger partial charge in [-0.3, -0.25) is 0 Å². The van der Waals surface area contributed by atoms with Crippen LogP contribution in [0.25, 0.3) is 11.6 Å². The van der Waals surface area contributed by atoms with E-state index in [-0.39, 0.29) is 0 Å². The van der Waals surface area contributed by atoms with Crippen molar-refractivity contribution in [1.82, 2.24) is 24.8 Å². The van der Waals surface area contributed by atoms with E-state index < -0.39 is 0 Å². The standard InChI is InChI=1S/C15H23N5/c1-10(2)8-16-9-13-11(3)18-14(19-12(13)4)15-17-6-7-20(15)5/h6-7,10,16H,8-9H2,1-5H3. The quantitative estimate of drug-likeness (QED) is 0.907. The molecule has 0 saturated carbocycles. The zero-order valence-corrected chi connectivity index (χ0v) is 12.9. The molecular weight excluding hydrogens is 250 g/mol. The molecule has 0 unspecified atom stereocenters. The molecule has 0 atom stereocenters. The summed E-state index contributed by atoms with van der Waals surface area (Å²) in [5.74, 6) is 2.14. The Labute approximate surface area is 120 Å². The van der Waals surface area contributed by atoms with E-state index in [0.29, 0.717) is 11.7 Å². The summed E-state index contributed by atoms with van der Waals surface area (Å²) in [6.07, 6.45) is 3.67. The van der Waals surface area contributed by atoms with Crippen molar-refractivity contribution in [2.45, 2.75) is 34.2 Å². The minimum absolute atomic E-state index is 0.642. The van der Waals surface area contributed by atoms with Crippen molar-refractivity contribution in [1.29, 1.82) is 0 Å². The summed E-state index contributed by atoms with van der Waals surface area (Å²) in [6, 6.07) is 0. The lowest BCUT2D eigenvalue weighted by atomic mass is 10.1. The molecule has 20 heavy (non-hydrogen) atoms. The third kappa shape index (κ3) is 3.22. The van der Waals surface area contributed by atoms with E-state index in [0.717, 1.165) is 30.3 Å². The van der Waals surface area contributed by atoms with Gasteiger partial charge in [0.05, 0.1) is 0 Å². The minimum atomic E-state index is 0.642. The van der Waals surface area contributed by atoms with Crippen molar-refractivity contribution >= 4 is 0 Å². The largest absolute Gasteiger partial charge is 0.331 e. The number of hydrogen-bond donors (Lipinski definition) is 1. The summed E-state index contributed by atoms with van der Waals surface area (Å²) in [6.45, 7) is 10.3. The van der Waals surface area contributed by atoms with E-state index in [2.05, 4.69) is 34.1 Å². The number of aromatic nitrogens is 4. The maximum atomic E-state index is 4.60. The van der Waals surface area contributed by atoms with Crippen LogP contribution < -0.4 is 5.32 Å². The molecule has 0 bridgehead atoms. The molecule has 2 heterocycles. The smallest absolute Gasteiger partial charge is 0.196 e. The monoisotopic (exact) mass is 273 g/mol. The summed E-state index contributed by atoms with van der Waals surface area (Å²) in [4.78, 5) is 13.5. The normalized spacial score (nSPS) is 11.3. The number of imidazole rings is 1. The van der Waals surface area contributed by atoms with Gasteiger partial charge in [-0.2, -0.15) is 0 Å². The molecule has 0 aromatic carbocycles. The highest BCUT2D eigenvalue weighted by molar-refractivity contribution is 5.46. The summed E-state index contributed by atoms with van der Waals surface area (Å²) >= 11 is 0. The van der Waals surface area contributed by atoms with Crippen molar-refractivity contribution in [2.24, 2.45) is 13.0 Å². The Morgan fingerprint density at radius 1 is 1.20 bits per heavy atom. The molecule has 2 aromatic rings. The third-order valence-corrected chi connectivity index (χ3v) is 3.30. The molecule has 0 radical (unpaired) electrons. The second-order valence-corrected chi connectivity index (χ2v) is 5.58. The van der Waals surface area contributed by atoms with Gasteiger partial charge in [-0.1, -0.05) is 13.8 Å². The van der Waals surface area contributed by atoms with Crippen LogP contribution in [0.4, 0.5) is 0 Å². The molecule has 5 nitrogen and oxygen atoms in total. The molecule has 5 heteroatoms. The summed E-state index contributed by atoms with van der Waals surface area (Å²) in [7, 11) is 1.95. The molecule has 1 N–H and O–H groups in total. The Balaban J connectivity index is 2.23. The zero-order valence-electron chi connectivity index (χ0n) is 12.9. The van der Waals surface area contributed by atoms with Crippen LogP contribution in [0.2, 0.25) is 0 Å². The van der Waals surface area contributed by atoms with Crippen LogP contribution in [-0.4, -0.2) is 26.1 Å². The molecule has 0 amide bonds. The van der Waals surface area contributed by atoms with Crippen LogP contribution in [0.5, 0.6) is 0 Å². The molecule has 0 aliphatic heterocycles. The number of nitrogens with one attached hydrogen (secondary N) is 1. The second kappa shape index (κ2) is 6.13. The van der Waals surface area contributed by atoms with E-state index in [9.17, 15) is 0 Å². The van der Waals surface area contributed by atoms with Gasteiger partial charge in [0.1, 0.15) is 0 Å². The molecule has 0 aliphatic rings. The maximum Gasteiger partial charge on any atom is 0.196 e. The average molecular weight is 273 g/mol. The Hall–Kier alpha value is -1.75. The first kappa shape index (κ1) is 14.7. The minimum Gasteiger partial charge on any atom is -0.331 e. The summed E-state index contributed by atoms with van der Waals surface area (Å²) < 4.78 is 1.94. The first-order chi connectivity index (χ1) is 9.49. The van der Waals surface area contributed by atoms with E-state index >= 15 is 0 Å². The predicted octanol–water partition coefficient (Wildman–Crippen LogP) is 2.24. The molecule has 2 aromatic heterocycles. The molecule has 0 fully saturated rings. The van der Waals surface area contributed by atoms with Gasteiger partial charge in [0.25, 0.3) is 0 Å². The molecule has 0 aliphatic carbocycles. The van der Waals surface area contributed by atoms with Gasteiger partial charge in [0, 0.05) is 42.9 Å². The molecule has 0 saturated heterocycles. The van der Waals surface area contributed by atoms with E-state index in [1.165, 1.54) is 5.56 Å². The van der Waals surface area contributed by atoms with E-state index in [1.54, 1.807) is 6.20 Å².